The summed E-state index contributed by atoms with van der Waals surface area (Å²) in [6.45, 7) is 4.29. The van der Waals surface area contributed by atoms with E-state index in [1.807, 2.05) is 13.8 Å². The Morgan fingerprint density at radius 3 is 2.45 bits per heavy atom. The summed E-state index contributed by atoms with van der Waals surface area (Å²) >= 11 is 3.76. The van der Waals surface area contributed by atoms with Crippen LogP contribution < -0.4 is 4.72 Å². The number of nitrogens with one attached hydrogen (secondary N) is 1. The number of benzene rings is 1. The Kier molecular flexibility index (Phi) is 5.16. The Morgan fingerprint density at radius 1 is 1.25 bits per heavy atom. The largest absolute Gasteiger partial charge is 0.247 e. The molecule has 108 valence electrons. The van der Waals surface area contributed by atoms with Crippen LogP contribution in [0.4, 0.5) is 0 Å². The van der Waals surface area contributed by atoms with Crippen molar-refractivity contribution in [2.75, 3.05) is 6.54 Å². The van der Waals surface area contributed by atoms with Crippen molar-refractivity contribution in [3.05, 3.63) is 43.4 Å². The first-order valence-electron chi connectivity index (χ1n) is 6.06. The molecule has 4 nitrogen and oxygen atoms in total. The zero-order valence-electron chi connectivity index (χ0n) is 11.2. The van der Waals surface area contributed by atoms with Crippen molar-refractivity contribution >= 4 is 44.0 Å². The quantitative estimate of drug-likeness (QED) is 0.754. The molecule has 1 N–H and O–H groups in total. The fraction of sp³-hybridized carbons (Fsp3) is 0.308. The second kappa shape index (κ2) is 6.50. The molecule has 0 amide bonds. The predicted molar refractivity (Wildman–Crippen MR) is 89.6 cm³/mol. The lowest BCUT2D eigenvalue weighted by Crippen LogP contribution is -2.25. The fourth-order valence-corrected chi connectivity index (χ4v) is 4.13. The van der Waals surface area contributed by atoms with Crippen molar-refractivity contribution in [2.45, 2.75) is 25.2 Å². The summed E-state index contributed by atoms with van der Waals surface area (Å²) in [5, 5.41) is 1.01. The fourth-order valence-electron chi connectivity index (χ4n) is 1.80. The topological polar surface area (TPSA) is 59.1 Å². The van der Waals surface area contributed by atoms with Crippen molar-refractivity contribution in [3.63, 3.8) is 0 Å². The number of sulfonamides is 1. The van der Waals surface area contributed by atoms with E-state index in [4.69, 9.17) is 0 Å². The van der Waals surface area contributed by atoms with E-state index in [1.165, 1.54) is 0 Å². The third-order valence-corrected chi connectivity index (χ3v) is 6.10. The van der Waals surface area contributed by atoms with Crippen LogP contribution in [-0.4, -0.2) is 19.9 Å². The summed E-state index contributed by atoms with van der Waals surface area (Å²) in [7, 11) is -3.42. The minimum atomic E-state index is -3.42. The molecular weight excluding hydrogens is 407 g/mol. The summed E-state index contributed by atoms with van der Waals surface area (Å²) in [5.41, 5.74) is 0.987. The molecule has 2 aromatic rings. The maximum Gasteiger partial charge on any atom is 0.240 e. The van der Waals surface area contributed by atoms with Gasteiger partial charge in [-0.25, -0.2) is 18.1 Å². The first-order chi connectivity index (χ1) is 9.38. The number of hydrogen-bond donors (Lipinski definition) is 1. The Labute approximate surface area is 136 Å². The molecule has 0 bridgehead atoms. The van der Waals surface area contributed by atoms with Gasteiger partial charge in [0.15, 0.2) is 0 Å². The van der Waals surface area contributed by atoms with Crippen LogP contribution in [0.1, 0.15) is 15.6 Å². The smallest absolute Gasteiger partial charge is 0.240 e. The SMILES string of the molecule is Cc1nc(C)c(CCNS(=O)(=O)c2ccc(I)cc2)s1. The van der Waals surface area contributed by atoms with E-state index in [2.05, 4.69) is 32.3 Å². The summed E-state index contributed by atoms with van der Waals surface area (Å²) in [5.74, 6) is 0. The second-order valence-electron chi connectivity index (χ2n) is 4.34. The number of halogens is 1. The van der Waals surface area contributed by atoms with Gasteiger partial charge < -0.3 is 0 Å². The van der Waals surface area contributed by atoms with Crippen LogP contribution in [0.5, 0.6) is 0 Å². The monoisotopic (exact) mass is 422 g/mol. The molecule has 0 aliphatic carbocycles. The Balaban J connectivity index is 1.99. The van der Waals surface area contributed by atoms with Crippen molar-refractivity contribution in [1.29, 1.82) is 0 Å². The third kappa shape index (κ3) is 4.00. The standard InChI is InChI=1S/C13H15IN2O2S2/c1-9-13(19-10(2)16-9)7-8-15-20(17,18)12-5-3-11(14)4-6-12/h3-6,15H,7-8H2,1-2H3. The molecule has 0 unspecified atom stereocenters. The number of aryl methyl sites for hydroxylation is 2. The number of rotatable bonds is 5. The van der Waals surface area contributed by atoms with Gasteiger partial charge in [-0.05, 0) is 67.1 Å². The van der Waals surface area contributed by atoms with Crippen LogP contribution in [0.3, 0.4) is 0 Å². The Morgan fingerprint density at radius 2 is 1.90 bits per heavy atom. The third-order valence-electron chi connectivity index (χ3n) is 2.77. The van der Waals surface area contributed by atoms with Gasteiger partial charge in [0.2, 0.25) is 10.0 Å². The molecule has 7 heteroatoms. The molecule has 0 saturated carbocycles. The first kappa shape index (κ1) is 15.9. The summed E-state index contributed by atoms with van der Waals surface area (Å²) in [6.07, 6.45) is 0.668. The molecule has 1 aromatic heterocycles. The normalized spacial score (nSPS) is 11.8. The number of hydrogen-bond acceptors (Lipinski definition) is 4. The van der Waals surface area contributed by atoms with Gasteiger partial charge >= 0.3 is 0 Å². The van der Waals surface area contributed by atoms with E-state index in [0.717, 1.165) is 19.1 Å². The molecular formula is C13H15IN2O2S2. The van der Waals surface area contributed by atoms with Gasteiger partial charge in [-0.1, -0.05) is 0 Å². The van der Waals surface area contributed by atoms with Crippen LogP contribution in [0.15, 0.2) is 29.2 Å². The van der Waals surface area contributed by atoms with E-state index < -0.39 is 10.0 Å². The molecule has 0 aliphatic heterocycles. The highest BCUT2D eigenvalue weighted by Crippen LogP contribution is 2.17. The maximum atomic E-state index is 12.1. The van der Waals surface area contributed by atoms with E-state index in [9.17, 15) is 8.42 Å². The summed E-state index contributed by atoms with van der Waals surface area (Å²) in [4.78, 5) is 5.77. The van der Waals surface area contributed by atoms with Crippen molar-refractivity contribution in [1.82, 2.24) is 9.71 Å². The average molecular weight is 422 g/mol. The van der Waals surface area contributed by atoms with Crippen molar-refractivity contribution in [2.24, 2.45) is 0 Å². The van der Waals surface area contributed by atoms with Gasteiger partial charge in [0.25, 0.3) is 0 Å². The Bertz CT molecular complexity index is 694. The van der Waals surface area contributed by atoms with Crippen LogP contribution in [0.25, 0.3) is 0 Å². The lowest BCUT2D eigenvalue weighted by molar-refractivity contribution is 0.581. The van der Waals surface area contributed by atoms with Gasteiger partial charge in [-0.3, -0.25) is 0 Å². The van der Waals surface area contributed by atoms with E-state index >= 15 is 0 Å². The van der Waals surface area contributed by atoms with Gasteiger partial charge in [0.1, 0.15) is 0 Å². The molecule has 0 spiro atoms. The molecule has 20 heavy (non-hydrogen) atoms. The van der Waals surface area contributed by atoms with Crippen LogP contribution in [0.2, 0.25) is 0 Å². The van der Waals surface area contributed by atoms with E-state index in [1.54, 1.807) is 35.6 Å². The zero-order valence-corrected chi connectivity index (χ0v) is 15.0. The molecule has 2 rings (SSSR count). The lowest BCUT2D eigenvalue weighted by Gasteiger charge is -2.06. The second-order valence-corrected chi connectivity index (χ2v) is 8.64. The van der Waals surface area contributed by atoms with Crippen LogP contribution in [-0.2, 0) is 16.4 Å². The number of thiazole rings is 1. The maximum absolute atomic E-state index is 12.1. The molecule has 0 radical (unpaired) electrons. The Hall–Kier alpha value is -0.510. The molecule has 0 aliphatic rings. The average Bonchev–Trinajstić information content (AvgIpc) is 2.68. The number of aromatic nitrogens is 1. The van der Waals surface area contributed by atoms with Crippen molar-refractivity contribution < 1.29 is 8.42 Å². The predicted octanol–water partition coefficient (Wildman–Crippen LogP) is 2.89. The van der Waals surface area contributed by atoms with Crippen molar-refractivity contribution in [3.8, 4) is 0 Å². The lowest BCUT2D eigenvalue weighted by atomic mass is 10.3. The molecule has 1 heterocycles. The van der Waals surface area contributed by atoms with Gasteiger partial charge in [0.05, 0.1) is 15.6 Å². The highest BCUT2D eigenvalue weighted by atomic mass is 127. The van der Waals surface area contributed by atoms with Crippen LogP contribution >= 0.6 is 33.9 Å². The van der Waals surface area contributed by atoms with E-state index in [0.29, 0.717) is 17.9 Å². The van der Waals surface area contributed by atoms with E-state index in [-0.39, 0.29) is 0 Å². The summed E-state index contributed by atoms with van der Waals surface area (Å²) in [6, 6.07) is 6.80. The van der Waals surface area contributed by atoms with Gasteiger partial charge in [-0.15, -0.1) is 11.3 Å². The molecule has 0 fully saturated rings. The zero-order chi connectivity index (χ0) is 14.8. The van der Waals surface area contributed by atoms with Gasteiger partial charge in [0, 0.05) is 15.0 Å². The molecule has 1 aromatic carbocycles. The first-order valence-corrected chi connectivity index (χ1v) is 9.44. The summed E-state index contributed by atoms with van der Waals surface area (Å²) < 4.78 is 27.8. The molecule has 0 atom stereocenters. The van der Waals surface area contributed by atoms with Crippen LogP contribution in [0, 0.1) is 17.4 Å². The minimum absolute atomic E-state index is 0.301. The highest BCUT2D eigenvalue weighted by Gasteiger charge is 2.13. The molecule has 0 saturated heterocycles. The highest BCUT2D eigenvalue weighted by molar-refractivity contribution is 14.1. The van der Waals surface area contributed by atoms with Gasteiger partial charge in [-0.2, -0.15) is 0 Å². The minimum Gasteiger partial charge on any atom is -0.247 e. The number of nitrogens with zero attached hydrogens (tertiary/aromatic N) is 1.